The normalized spacial score (nSPS) is 14.9. The number of amides is 2. The van der Waals surface area contributed by atoms with Gasteiger partial charge in [-0.1, -0.05) is 37.3 Å². The first-order valence-electron chi connectivity index (χ1n) is 10.2. The minimum absolute atomic E-state index is 0.199. The number of halogens is 3. The average Bonchev–Trinajstić information content (AvgIpc) is 3.17. The molecule has 0 aliphatic carbocycles. The number of rotatable bonds is 6. The number of aromatic nitrogens is 3. The molecule has 2 heterocycles. The van der Waals surface area contributed by atoms with E-state index in [0.717, 1.165) is 45.4 Å². The van der Waals surface area contributed by atoms with E-state index < -0.39 is 12.1 Å². The molecule has 1 saturated heterocycles. The summed E-state index contributed by atoms with van der Waals surface area (Å²) in [5, 5.41) is 17.1. The van der Waals surface area contributed by atoms with Crippen molar-refractivity contribution < 1.29 is 27.9 Å². The van der Waals surface area contributed by atoms with Crippen molar-refractivity contribution in [3.63, 3.8) is 0 Å². The fourth-order valence-corrected chi connectivity index (χ4v) is 3.09. The van der Waals surface area contributed by atoms with Crippen LogP contribution in [0.3, 0.4) is 0 Å². The number of aryl methyl sites for hydroxylation is 1. The highest BCUT2D eigenvalue weighted by Crippen LogP contribution is 2.14. The van der Waals surface area contributed by atoms with Gasteiger partial charge in [0.2, 0.25) is 5.95 Å². The van der Waals surface area contributed by atoms with Gasteiger partial charge in [-0.3, -0.25) is 14.9 Å². The largest absolute Gasteiger partial charge is 0.490 e. The summed E-state index contributed by atoms with van der Waals surface area (Å²) in [6.07, 6.45) is -0.548. The van der Waals surface area contributed by atoms with Crippen LogP contribution in [0.4, 0.5) is 23.9 Å². The zero-order chi connectivity index (χ0) is 23.6. The molecule has 3 N–H and O–H groups in total. The number of hydrogen-bond donors (Lipinski definition) is 3. The van der Waals surface area contributed by atoms with Crippen LogP contribution in [0, 0.1) is 0 Å². The molecule has 0 saturated carbocycles. The second-order valence-electron chi connectivity index (χ2n) is 7.27. The molecule has 12 heteroatoms. The van der Waals surface area contributed by atoms with Gasteiger partial charge in [0, 0.05) is 32.2 Å². The molecule has 0 radical (unpaired) electrons. The van der Waals surface area contributed by atoms with E-state index >= 15 is 0 Å². The van der Waals surface area contributed by atoms with Gasteiger partial charge in [0.05, 0.1) is 0 Å². The molecule has 0 spiro atoms. The standard InChI is InChI=1S/C18H26N6O.C2HF3O2/c1-2-10-24-14-19-17(22-24)21-18(25)20-16-8-11-23(12-9-16)13-15-6-4-3-5-7-15;3-2(4,5)1(6)7/h3-7,14,16H,2,8-13H2,1H3,(H2,20,21,22,25);(H,6,7). The van der Waals surface area contributed by atoms with Crippen molar-refractivity contribution in [1.82, 2.24) is 25.0 Å². The molecule has 2 amide bonds. The van der Waals surface area contributed by atoms with Gasteiger partial charge >= 0.3 is 18.2 Å². The number of aliphatic carboxylic acids is 1. The number of nitrogens with one attached hydrogen (secondary N) is 2. The van der Waals surface area contributed by atoms with E-state index in [9.17, 15) is 18.0 Å². The molecule has 1 aliphatic rings. The van der Waals surface area contributed by atoms with Crippen molar-refractivity contribution in [2.24, 2.45) is 0 Å². The molecule has 1 fully saturated rings. The van der Waals surface area contributed by atoms with Crippen molar-refractivity contribution in [2.45, 2.75) is 51.5 Å². The van der Waals surface area contributed by atoms with Crippen molar-refractivity contribution in [3.05, 3.63) is 42.2 Å². The Morgan fingerprint density at radius 3 is 2.38 bits per heavy atom. The summed E-state index contributed by atoms with van der Waals surface area (Å²) in [4.78, 5) is 27.5. The monoisotopic (exact) mass is 456 g/mol. The van der Waals surface area contributed by atoms with E-state index in [4.69, 9.17) is 9.90 Å². The Hall–Kier alpha value is -3.15. The molecule has 32 heavy (non-hydrogen) atoms. The summed E-state index contributed by atoms with van der Waals surface area (Å²) < 4.78 is 33.5. The molecular formula is C20H27F3N6O3. The van der Waals surface area contributed by atoms with Crippen LogP contribution >= 0.6 is 0 Å². The highest BCUT2D eigenvalue weighted by molar-refractivity contribution is 5.87. The number of carboxylic acid groups (broad SMARTS) is 1. The van der Waals surface area contributed by atoms with Crippen molar-refractivity contribution >= 4 is 17.9 Å². The first-order valence-corrected chi connectivity index (χ1v) is 10.2. The van der Waals surface area contributed by atoms with Gasteiger partial charge in [-0.25, -0.2) is 14.6 Å². The number of anilines is 1. The van der Waals surface area contributed by atoms with Gasteiger partial charge in [0.1, 0.15) is 6.33 Å². The van der Waals surface area contributed by atoms with Crippen molar-refractivity contribution in [2.75, 3.05) is 18.4 Å². The fourth-order valence-electron chi connectivity index (χ4n) is 3.09. The summed E-state index contributed by atoms with van der Waals surface area (Å²) in [6, 6.07) is 10.5. The lowest BCUT2D eigenvalue weighted by molar-refractivity contribution is -0.192. The van der Waals surface area contributed by atoms with Crippen LogP contribution in [-0.4, -0.2) is 62.1 Å². The van der Waals surface area contributed by atoms with E-state index in [1.807, 2.05) is 6.07 Å². The lowest BCUT2D eigenvalue weighted by Crippen LogP contribution is -2.45. The number of carbonyl (C=O) groups excluding carboxylic acids is 1. The second kappa shape index (κ2) is 12.0. The quantitative estimate of drug-likeness (QED) is 0.616. The number of nitrogens with zero attached hydrogens (tertiary/aromatic N) is 4. The van der Waals surface area contributed by atoms with Crippen LogP contribution in [0.5, 0.6) is 0 Å². The van der Waals surface area contributed by atoms with Crippen molar-refractivity contribution in [1.29, 1.82) is 0 Å². The van der Waals surface area contributed by atoms with E-state index in [1.54, 1.807) is 11.0 Å². The van der Waals surface area contributed by atoms with E-state index in [0.29, 0.717) is 5.95 Å². The third kappa shape index (κ3) is 8.92. The van der Waals surface area contributed by atoms with Crippen LogP contribution < -0.4 is 10.6 Å². The predicted octanol–water partition coefficient (Wildman–Crippen LogP) is 3.11. The zero-order valence-electron chi connectivity index (χ0n) is 17.7. The fraction of sp³-hybridized carbons (Fsp3) is 0.500. The Morgan fingerprint density at radius 2 is 1.81 bits per heavy atom. The number of benzene rings is 1. The van der Waals surface area contributed by atoms with Gasteiger partial charge in [-0.05, 0) is 24.8 Å². The SMILES string of the molecule is CCCn1cnc(NC(=O)NC2CCN(Cc3ccccc3)CC2)n1.O=C(O)C(F)(F)F. The van der Waals surface area contributed by atoms with Gasteiger partial charge in [0.25, 0.3) is 0 Å². The summed E-state index contributed by atoms with van der Waals surface area (Å²) >= 11 is 0. The highest BCUT2D eigenvalue weighted by Gasteiger charge is 2.38. The van der Waals surface area contributed by atoms with E-state index in [2.05, 4.69) is 56.8 Å². The first kappa shape index (κ1) is 25.1. The van der Waals surface area contributed by atoms with Crippen molar-refractivity contribution in [3.8, 4) is 0 Å². The Bertz CT molecular complexity index is 852. The predicted molar refractivity (Wildman–Crippen MR) is 111 cm³/mol. The van der Waals surface area contributed by atoms with Crippen LogP contribution in [0.2, 0.25) is 0 Å². The third-order valence-corrected chi connectivity index (χ3v) is 4.63. The summed E-state index contributed by atoms with van der Waals surface area (Å²) in [5.41, 5.74) is 1.33. The number of carbonyl (C=O) groups is 2. The van der Waals surface area contributed by atoms with Gasteiger partial charge < -0.3 is 10.4 Å². The maximum absolute atomic E-state index is 12.1. The zero-order valence-corrected chi connectivity index (χ0v) is 17.7. The Labute approximate surface area is 183 Å². The number of alkyl halides is 3. The summed E-state index contributed by atoms with van der Waals surface area (Å²) in [7, 11) is 0. The molecule has 0 bridgehead atoms. The first-order chi connectivity index (χ1) is 15.2. The molecule has 0 unspecified atom stereocenters. The van der Waals surface area contributed by atoms with Gasteiger partial charge in [-0.2, -0.15) is 13.2 Å². The van der Waals surface area contributed by atoms with Crippen LogP contribution in [0.1, 0.15) is 31.7 Å². The van der Waals surface area contributed by atoms with Crippen LogP contribution in [-0.2, 0) is 17.9 Å². The second-order valence-corrected chi connectivity index (χ2v) is 7.27. The molecule has 0 atom stereocenters. The van der Waals surface area contributed by atoms with E-state index in [-0.39, 0.29) is 12.1 Å². The molecule has 1 aromatic heterocycles. The molecular weight excluding hydrogens is 429 g/mol. The number of carboxylic acids is 1. The van der Waals surface area contributed by atoms with Gasteiger partial charge in [-0.15, -0.1) is 5.10 Å². The molecule has 1 aromatic carbocycles. The topological polar surface area (TPSA) is 112 Å². The highest BCUT2D eigenvalue weighted by atomic mass is 19.4. The lowest BCUT2D eigenvalue weighted by atomic mass is 10.0. The Balaban J connectivity index is 0.000000451. The number of piperidine rings is 1. The summed E-state index contributed by atoms with van der Waals surface area (Å²) in [5.74, 6) is -2.40. The number of urea groups is 1. The number of hydrogen-bond acceptors (Lipinski definition) is 5. The molecule has 2 aromatic rings. The maximum atomic E-state index is 12.1. The van der Waals surface area contributed by atoms with Crippen LogP contribution in [0.25, 0.3) is 0 Å². The maximum Gasteiger partial charge on any atom is 0.490 e. The van der Waals surface area contributed by atoms with E-state index in [1.165, 1.54) is 5.56 Å². The smallest absolute Gasteiger partial charge is 0.475 e. The lowest BCUT2D eigenvalue weighted by Gasteiger charge is -2.32. The number of likely N-dealkylation sites (tertiary alicyclic amines) is 1. The summed E-state index contributed by atoms with van der Waals surface area (Å²) in [6.45, 7) is 5.83. The minimum Gasteiger partial charge on any atom is -0.475 e. The average molecular weight is 456 g/mol. The van der Waals surface area contributed by atoms with Crippen LogP contribution in [0.15, 0.2) is 36.7 Å². The Morgan fingerprint density at radius 1 is 1.19 bits per heavy atom. The molecule has 176 valence electrons. The van der Waals surface area contributed by atoms with Gasteiger partial charge in [0.15, 0.2) is 0 Å². The molecule has 1 aliphatic heterocycles. The molecule has 9 nitrogen and oxygen atoms in total. The molecule has 3 rings (SSSR count). The minimum atomic E-state index is -5.08. The third-order valence-electron chi connectivity index (χ3n) is 4.63. The Kier molecular flexibility index (Phi) is 9.44.